The number of fused-ring (bicyclic) bond motifs is 1. The number of methoxy groups -OCH3 is 1. The number of ether oxygens (including phenoxy) is 1. The number of hydrogen-bond donors (Lipinski definition) is 1. The first-order valence-electron chi connectivity index (χ1n) is 10.6. The third-order valence-electron chi connectivity index (χ3n) is 6.00. The van der Waals surface area contributed by atoms with Crippen molar-refractivity contribution in [2.75, 3.05) is 25.1 Å². The predicted octanol–water partition coefficient (Wildman–Crippen LogP) is 2.24. The highest BCUT2D eigenvalue weighted by molar-refractivity contribution is 5.94. The monoisotopic (exact) mass is 434 g/mol. The van der Waals surface area contributed by atoms with Gasteiger partial charge >= 0.3 is 5.97 Å². The molecule has 1 aliphatic heterocycles. The van der Waals surface area contributed by atoms with E-state index in [1.54, 1.807) is 22.8 Å². The van der Waals surface area contributed by atoms with E-state index < -0.39 is 5.97 Å². The van der Waals surface area contributed by atoms with Crippen LogP contribution in [-0.2, 0) is 16.1 Å². The van der Waals surface area contributed by atoms with E-state index in [0.29, 0.717) is 54.9 Å². The second kappa shape index (κ2) is 8.82. The van der Waals surface area contributed by atoms with Crippen molar-refractivity contribution in [3.8, 4) is 0 Å². The van der Waals surface area contributed by atoms with Crippen LogP contribution in [0.2, 0.25) is 0 Å². The van der Waals surface area contributed by atoms with Crippen LogP contribution >= 0.6 is 0 Å². The third kappa shape index (κ3) is 4.21. The number of piperidine rings is 1. The van der Waals surface area contributed by atoms with E-state index in [4.69, 9.17) is 15.5 Å². The molecule has 0 saturated carbocycles. The second-order valence-electron chi connectivity index (χ2n) is 8.18. The summed E-state index contributed by atoms with van der Waals surface area (Å²) in [6.45, 7) is 3.51. The topological polar surface area (TPSA) is 108 Å². The first-order chi connectivity index (χ1) is 15.4. The zero-order valence-electron chi connectivity index (χ0n) is 18.2. The summed E-state index contributed by atoms with van der Waals surface area (Å²) in [7, 11) is 1.31. The van der Waals surface area contributed by atoms with Crippen LogP contribution in [0.5, 0.6) is 0 Å². The van der Waals surface area contributed by atoms with Crippen LogP contribution in [0, 0.1) is 12.8 Å². The molecule has 0 bridgehead atoms. The molecule has 32 heavy (non-hydrogen) atoms. The molecular weight excluding hydrogens is 408 g/mol. The summed E-state index contributed by atoms with van der Waals surface area (Å²) in [5.74, 6) is -0.430. The molecule has 8 heteroatoms. The van der Waals surface area contributed by atoms with E-state index in [1.165, 1.54) is 7.11 Å². The van der Waals surface area contributed by atoms with Gasteiger partial charge < -0.3 is 15.4 Å². The van der Waals surface area contributed by atoms with E-state index in [-0.39, 0.29) is 17.4 Å². The number of anilines is 1. The number of carbonyl (C=O) groups excluding carboxylic acids is 2. The van der Waals surface area contributed by atoms with Gasteiger partial charge in [0.2, 0.25) is 11.9 Å². The summed E-state index contributed by atoms with van der Waals surface area (Å²) in [6, 6.07) is 12.8. The number of nitrogens with zero attached hydrogens (tertiary/aromatic N) is 3. The molecule has 166 valence electrons. The Balaban J connectivity index is 1.81. The number of amides is 1. The first kappa shape index (κ1) is 21.5. The highest BCUT2D eigenvalue weighted by Crippen LogP contribution is 2.24. The molecule has 1 saturated heterocycles. The highest BCUT2D eigenvalue weighted by atomic mass is 16.5. The zero-order valence-corrected chi connectivity index (χ0v) is 18.2. The van der Waals surface area contributed by atoms with Crippen molar-refractivity contribution in [3.63, 3.8) is 0 Å². The van der Waals surface area contributed by atoms with Crippen LogP contribution in [0.15, 0.2) is 47.3 Å². The molecule has 2 N–H and O–H groups in total. The van der Waals surface area contributed by atoms with Crippen molar-refractivity contribution in [2.45, 2.75) is 26.3 Å². The molecule has 0 aliphatic carbocycles. The summed E-state index contributed by atoms with van der Waals surface area (Å²) < 4.78 is 6.47. The molecule has 1 aromatic heterocycles. The van der Waals surface area contributed by atoms with Crippen molar-refractivity contribution in [2.24, 2.45) is 11.7 Å². The average Bonchev–Trinajstić information content (AvgIpc) is 2.81. The molecule has 1 amide bonds. The summed E-state index contributed by atoms with van der Waals surface area (Å²) in [5, 5.41) is 0.431. The van der Waals surface area contributed by atoms with Gasteiger partial charge in [-0.25, -0.2) is 9.78 Å². The maximum absolute atomic E-state index is 13.5. The molecule has 0 spiro atoms. The number of benzene rings is 2. The Morgan fingerprint density at radius 1 is 1.12 bits per heavy atom. The molecule has 3 aromatic rings. The van der Waals surface area contributed by atoms with Crippen molar-refractivity contribution in [3.05, 3.63) is 69.5 Å². The Bertz CT molecular complexity index is 1230. The summed E-state index contributed by atoms with van der Waals surface area (Å²) in [5.41, 5.74) is 8.19. The molecule has 0 radical (unpaired) electrons. The van der Waals surface area contributed by atoms with Crippen LogP contribution in [-0.4, -0.2) is 41.6 Å². The van der Waals surface area contributed by atoms with Crippen LogP contribution in [0.4, 0.5) is 5.95 Å². The molecule has 1 aliphatic rings. The fourth-order valence-corrected chi connectivity index (χ4v) is 4.08. The van der Waals surface area contributed by atoms with E-state index >= 15 is 0 Å². The Morgan fingerprint density at radius 3 is 2.44 bits per heavy atom. The SMILES string of the molecule is COC(=O)c1ccc2c(=O)n(Cc3ccc(C)cc3)c(N3CCC(C(N)=O)CC3)nc2c1. The standard InChI is InChI=1S/C24H26N4O4/c1-15-3-5-16(6-4-15)14-28-22(30)19-8-7-18(23(31)32-2)13-20(19)26-24(28)27-11-9-17(10-12-27)21(25)29/h3-8,13,17H,9-12,14H2,1-2H3,(H2,25,29). The molecule has 0 unspecified atom stereocenters. The lowest BCUT2D eigenvalue weighted by molar-refractivity contribution is -0.122. The fraction of sp³-hybridized carbons (Fsp3) is 0.333. The van der Waals surface area contributed by atoms with E-state index in [0.717, 1.165) is 11.1 Å². The van der Waals surface area contributed by atoms with Gasteiger partial charge in [0.25, 0.3) is 5.56 Å². The van der Waals surface area contributed by atoms with Gasteiger partial charge in [-0.3, -0.25) is 14.2 Å². The Morgan fingerprint density at radius 2 is 1.81 bits per heavy atom. The van der Waals surface area contributed by atoms with Crippen LogP contribution in [0.25, 0.3) is 10.9 Å². The molecule has 1 fully saturated rings. The van der Waals surface area contributed by atoms with Gasteiger partial charge in [-0.15, -0.1) is 0 Å². The first-order valence-corrected chi connectivity index (χ1v) is 10.6. The normalized spacial score (nSPS) is 14.5. The van der Waals surface area contributed by atoms with Gasteiger partial charge in [0.1, 0.15) is 0 Å². The zero-order chi connectivity index (χ0) is 22.8. The molecular formula is C24H26N4O4. The lowest BCUT2D eigenvalue weighted by atomic mass is 9.96. The second-order valence-corrected chi connectivity index (χ2v) is 8.18. The van der Waals surface area contributed by atoms with E-state index in [9.17, 15) is 14.4 Å². The number of carbonyl (C=O) groups is 2. The van der Waals surface area contributed by atoms with Crippen molar-refractivity contribution < 1.29 is 14.3 Å². The molecule has 2 heterocycles. The van der Waals surface area contributed by atoms with Crippen LogP contribution in [0.1, 0.15) is 34.3 Å². The Labute approximate surface area is 185 Å². The third-order valence-corrected chi connectivity index (χ3v) is 6.00. The summed E-state index contributed by atoms with van der Waals surface area (Å²) >= 11 is 0. The summed E-state index contributed by atoms with van der Waals surface area (Å²) in [6.07, 6.45) is 1.21. The lowest BCUT2D eigenvalue weighted by Crippen LogP contribution is -2.41. The van der Waals surface area contributed by atoms with Gasteiger partial charge in [-0.2, -0.15) is 0 Å². The van der Waals surface area contributed by atoms with Crippen molar-refractivity contribution in [1.29, 1.82) is 0 Å². The highest BCUT2D eigenvalue weighted by Gasteiger charge is 2.26. The maximum atomic E-state index is 13.5. The van der Waals surface area contributed by atoms with Gasteiger partial charge in [-0.05, 0) is 43.5 Å². The van der Waals surface area contributed by atoms with E-state index in [2.05, 4.69) is 0 Å². The number of nitrogens with two attached hydrogens (primary N) is 1. The largest absolute Gasteiger partial charge is 0.465 e. The van der Waals surface area contributed by atoms with Crippen molar-refractivity contribution >= 4 is 28.7 Å². The molecule has 0 atom stereocenters. The number of primary amides is 1. The van der Waals surface area contributed by atoms with Crippen LogP contribution in [0.3, 0.4) is 0 Å². The quantitative estimate of drug-likeness (QED) is 0.617. The number of rotatable bonds is 5. The van der Waals surface area contributed by atoms with Gasteiger partial charge in [0.15, 0.2) is 0 Å². The number of aryl methyl sites for hydroxylation is 1. The van der Waals surface area contributed by atoms with Crippen LogP contribution < -0.4 is 16.2 Å². The minimum absolute atomic E-state index is 0.171. The van der Waals surface area contributed by atoms with Crippen molar-refractivity contribution in [1.82, 2.24) is 9.55 Å². The van der Waals surface area contributed by atoms with Gasteiger partial charge in [-0.1, -0.05) is 29.8 Å². The molecule has 8 nitrogen and oxygen atoms in total. The number of esters is 1. The minimum atomic E-state index is -0.485. The van der Waals surface area contributed by atoms with Gasteiger partial charge in [0, 0.05) is 19.0 Å². The predicted molar refractivity (Wildman–Crippen MR) is 122 cm³/mol. The molecule has 4 rings (SSSR count). The average molecular weight is 434 g/mol. The Hall–Kier alpha value is -3.68. The van der Waals surface area contributed by atoms with Gasteiger partial charge in [0.05, 0.1) is 30.1 Å². The number of aromatic nitrogens is 2. The molecule has 2 aromatic carbocycles. The minimum Gasteiger partial charge on any atom is -0.465 e. The number of hydrogen-bond acceptors (Lipinski definition) is 6. The lowest BCUT2D eigenvalue weighted by Gasteiger charge is -2.33. The smallest absolute Gasteiger partial charge is 0.337 e. The Kier molecular flexibility index (Phi) is 5.94. The summed E-state index contributed by atoms with van der Waals surface area (Å²) in [4.78, 5) is 43.8. The fourth-order valence-electron chi connectivity index (χ4n) is 4.08. The van der Waals surface area contributed by atoms with E-state index in [1.807, 2.05) is 36.1 Å². The maximum Gasteiger partial charge on any atom is 0.337 e.